The standard InChI is InChI=1S/C12H17BrN2O4S/c13-12-11(5-10(19-12)6-14-8-1-2-8)20(16,17)15-9-3-4-18-7-9/h5,8-9,14-15H,1-4,6-7H2. The number of nitrogens with one attached hydrogen (secondary N) is 2. The first-order valence-corrected chi connectivity index (χ1v) is 8.94. The minimum atomic E-state index is -3.57. The Morgan fingerprint density at radius 1 is 1.30 bits per heavy atom. The number of hydrogen-bond donors (Lipinski definition) is 2. The van der Waals surface area contributed by atoms with Crippen LogP contribution in [-0.4, -0.2) is 33.7 Å². The highest BCUT2D eigenvalue weighted by Crippen LogP contribution is 2.27. The van der Waals surface area contributed by atoms with Gasteiger partial charge in [-0.2, -0.15) is 0 Å². The lowest BCUT2D eigenvalue weighted by Crippen LogP contribution is -2.34. The van der Waals surface area contributed by atoms with Crippen molar-refractivity contribution in [1.82, 2.24) is 10.0 Å². The van der Waals surface area contributed by atoms with Gasteiger partial charge in [-0.3, -0.25) is 0 Å². The molecular formula is C12H17BrN2O4S. The lowest BCUT2D eigenvalue weighted by molar-refractivity contribution is 0.192. The first kappa shape index (κ1) is 14.5. The molecule has 2 heterocycles. The maximum absolute atomic E-state index is 12.3. The third kappa shape index (κ3) is 3.43. The molecule has 3 rings (SSSR count). The van der Waals surface area contributed by atoms with Gasteiger partial charge in [0, 0.05) is 24.8 Å². The molecule has 1 unspecified atom stereocenters. The van der Waals surface area contributed by atoms with E-state index in [0.717, 1.165) is 0 Å². The van der Waals surface area contributed by atoms with Crippen LogP contribution in [0.1, 0.15) is 25.0 Å². The van der Waals surface area contributed by atoms with E-state index in [0.29, 0.717) is 38.0 Å². The Kier molecular flexibility index (Phi) is 4.19. The zero-order chi connectivity index (χ0) is 14.2. The molecule has 1 saturated heterocycles. The third-order valence-corrected chi connectivity index (χ3v) is 5.77. The quantitative estimate of drug-likeness (QED) is 0.796. The van der Waals surface area contributed by atoms with E-state index in [4.69, 9.17) is 9.15 Å². The summed E-state index contributed by atoms with van der Waals surface area (Å²) >= 11 is 3.18. The summed E-state index contributed by atoms with van der Waals surface area (Å²) in [6.45, 7) is 1.56. The van der Waals surface area contributed by atoms with Crippen LogP contribution in [0.5, 0.6) is 0 Å². The molecule has 20 heavy (non-hydrogen) atoms. The molecule has 1 aromatic rings. The fraction of sp³-hybridized carbons (Fsp3) is 0.667. The molecule has 2 N–H and O–H groups in total. The van der Waals surface area contributed by atoms with Crippen molar-refractivity contribution in [3.8, 4) is 0 Å². The molecule has 1 aliphatic heterocycles. The van der Waals surface area contributed by atoms with Crippen LogP contribution in [0.3, 0.4) is 0 Å². The molecule has 8 heteroatoms. The summed E-state index contributed by atoms with van der Waals surface area (Å²) in [6.07, 6.45) is 3.05. The Morgan fingerprint density at radius 3 is 2.75 bits per heavy atom. The predicted octanol–water partition coefficient (Wildman–Crippen LogP) is 1.36. The Bertz CT molecular complexity index is 576. The van der Waals surface area contributed by atoms with E-state index in [-0.39, 0.29) is 15.6 Å². The Morgan fingerprint density at radius 2 is 2.10 bits per heavy atom. The molecule has 0 spiro atoms. The molecule has 0 radical (unpaired) electrons. The van der Waals surface area contributed by atoms with Crippen molar-refractivity contribution in [2.75, 3.05) is 13.2 Å². The number of halogens is 1. The third-order valence-electron chi connectivity index (χ3n) is 3.39. The summed E-state index contributed by atoms with van der Waals surface area (Å²) in [5.74, 6) is 0.617. The molecule has 0 aromatic carbocycles. The number of ether oxygens (including phenoxy) is 1. The van der Waals surface area contributed by atoms with Gasteiger partial charge in [0.15, 0.2) is 4.67 Å². The first-order valence-electron chi connectivity index (χ1n) is 6.66. The SMILES string of the molecule is O=S(=O)(NC1CCOC1)c1cc(CNC2CC2)oc1Br. The summed E-state index contributed by atoms with van der Waals surface area (Å²) in [5.41, 5.74) is 0. The van der Waals surface area contributed by atoms with Gasteiger partial charge in [-0.1, -0.05) is 0 Å². The molecular weight excluding hydrogens is 348 g/mol. The zero-order valence-corrected chi connectivity index (χ0v) is 13.3. The minimum Gasteiger partial charge on any atom is -0.452 e. The molecule has 1 aliphatic carbocycles. The molecule has 2 fully saturated rings. The number of sulfonamides is 1. The topological polar surface area (TPSA) is 80.6 Å². The van der Waals surface area contributed by atoms with Crippen LogP contribution in [0.25, 0.3) is 0 Å². The molecule has 0 amide bonds. The molecule has 1 aromatic heterocycles. The van der Waals surface area contributed by atoms with Crippen LogP contribution in [0, 0.1) is 0 Å². The monoisotopic (exact) mass is 364 g/mol. The minimum absolute atomic E-state index is 0.150. The second-order valence-electron chi connectivity index (χ2n) is 5.19. The van der Waals surface area contributed by atoms with E-state index in [1.807, 2.05) is 0 Å². The highest BCUT2D eigenvalue weighted by molar-refractivity contribution is 9.10. The average Bonchev–Trinajstić information content (AvgIpc) is 2.93. The van der Waals surface area contributed by atoms with E-state index >= 15 is 0 Å². The maximum atomic E-state index is 12.3. The molecule has 6 nitrogen and oxygen atoms in total. The van der Waals surface area contributed by atoms with Gasteiger partial charge in [0.1, 0.15) is 10.7 Å². The van der Waals surface area contributed by atoms with Crippen LogP contribution in [-0.2, 0) is 21.3 Å². The lowest BCUT2D eigenvalue weighted by Gasteiger charge is -2.09. The van der Waals surface area contributed by atoms with E-state index in [1.165, 1.54) is 12.8 Å². The highest BCUT2D eigenvalue weighted by Gasteiger charge is 2.28. The van der Waals surface area contributed by atoms with Gasteiger partial charge in [0.05, 0.1) is 13.2 Å². The molecule has 112 valence electrons. The van der Waals surface area contributed by atoms with Crippen LogP contribution in [0.2, 0.25) is 0 Å². The van der Waals surface area contributed by atoms with Crippen molar-refractivity contribution in [3.05, 3.63) is 16.5 Å². The summed E-state index contributed by atoms with van der Waals surface area (Å²) in [6, 6.07) is 1.96. The molecule has 0 bridgehead atoms. The van der Waals surface area contributed by atoms with Crippen molar-refractivity contribution < 1.29 is 17.6 Å². The second-order valence-corrected chi connectivity index (χ2v) is 7.59. The average molecular weight is 365 g/mol. The van der Waals surface area contributed by atoms with Crippen molar-refractivity contribution >= 4 is 26.0 Å². The normalized spacial score (nSPS) is 23.4. The van der Waals surface area contributed by atoms with Crippen LogP contribution < -0.4 is 10.0 Å². The van der Waals surface area contributed by atoms with Crippen molar-refractivity contribution in [3.63, 3.8) is 0 Å². The number of furan rings is 1. The van der Waals surface area contributed by atoms with Gasteiger partial charge in [-0.15, -0.1) is 0 Å². The summed E-state index contributed by atoms with van der Waals surface area (Å²) in [5, 5.41) is 3.29. The van der Waals surface area contributed by atoms with Gasteiger partial charge in [0.25, 0.3) is 0 Å². The fourth-order valence-electron chi connectivity index (χ4n) is 2.11. The van der Waals surface area contributed by atoms with Crippen LogP contribution >= 0.6 is 15.9 Å². The van der Waals surface area contributed by atoms with Crippen molar-refractivity contribution in [2.45, 2.75) is 42.8 Å². The van der Waals surface area contributed by atoms with Gasteiger partial charge in [-0.25, -0.2) is 13.1 Å². The molecule has 2 aliphatic rings. The van der Waals surface area contributed by atoms with E-state index in [9.17, 15) is 8.42 Å². The van der Waals surface area contributed by atoms with Crippen molar-refractivity contribution in [1.29, 1.82) is 0 Å². The Labute approximate surface area is 126 Å². The zero-order valence-electron chi connectivity index (χ0n) is 10.9. The van der Waals surface area contributed by atoms with Gasteiger partial charge >= 0.3 is 0 Å². The van der Waals surface area contributed by atoms with Crippen LogP contribution in [0.4, 0.5) is 0 Å². The Balaban J connectivity index is 1.70. The number of hydrogen-bond acceptors (Lipinski definition) is 5. The van der Waals surface area contributed by atoms with Gasteiger partial charge in [-0.05, 0) is 35.2 Å². The first-order chi connectivity index (χ1) is 9.54. The largest absolute Gasteiger partial charge is 0.452 e. The second kappa shape index (κ2) is 5.76. The van der Waals surface area contributed by atoms with E-state index in [2.05, 4.69) is 26.0 Å². The maximum Gasteiger partial charge on any atom is 0.245 e. The smallest absolute Gasteiger partial charge is 0.245 e. The van der Waals surface area contributed by atoms with Crippen LogP contribution in [0.15, 0.2) is 20.0 Å². The highest BCUT2D eigenvalue weighted by atomic mass is 79.9. The lowest BCUT2D eigenvalue weighted by atomic mass is 10.3. The van der Waals surface area contributed by atoms with E-state index in [1.54, 1.807) is 6.07 Å². The molecule has 1 atom stereocenters. The van der Waals surface area contributed by atoms with Crippen molar-refractivity contribution in [2.24, 2.45) is 0 Å². The van der Waals surface area contributed by atoms with Gasteiger partial charge in [0.2, 0.25) is 10.0 Å². The molecule has 1 saturated carbocycles. The fourth-order valence-corrected chi connectivity index (χ4v) is 4.36. The van der Waals surface area contributed by atoms with E-state index < -0.39 is 10.0 Å². The Hall–Kier alpha value is -0.410. The van der Waals surface area contributed by atoms with Gasteiger partial charge < -0.3 is 14.5 Å². The summed E-state index contributed by atoms with van der Waals surface area (Å²) in [7, 11) is -3.57. The summed E-state index contributed by atoms with van der Waals surface area (Å²) in [4.78, 5) is 0.150. The number of rotatable bonds is 6. The predicted molar refractivity (Wildman–Crippen MR) is 75.8 cm³/mol. The summed E-state index contributed by atoms with van der Waals surface area (Å²) < 4.78 is 38.1.